The molecule has 2 aliphatic heterocycles. The Hall–Kier alpha value is -3.26. The third kappa shape index (κ3) is 6.95. The Kier molecular flexibility index (Phi) is 10.2. The molecule has 3 N–H and O–H groups in total. The van der Waals surface area contributed by atoms with Gasteiger partial charge in [0.1, 0.15) is 5.75 Å². The highest BCUT2D eigenvalue weighted by molar-refractivity contribution is 6.06. The highest BCUT2D eigenvalue weighted by atomic mass is 16.3. The van der Waals surface area contributed by atoms with Crippen molar-refractivity contribution in [2.75, 3.05) is 19.7 Å². The largest absolute Gasteiger partial charge is 0.508 e. The molecule has 2 saturated heterocycles. The molecule has 0 aromatic heterocycles. The van der Waals surface area contributed by atoms with Crippen molar-refractivity contribution in [1.82, 2.24) is 9.80 Å². The second-order valence-corrected chi connectivity index (χ2v) is 12.6. The molecule has 43 heavy (non-hydrogen) atoms. The van der Waals surface area contributed by atoms with Crippen molar-refractivity contribution < 1.29 is 24.9 Å². The number of piperidine rings is 1. The summed E-state index contributed by atoms with van der Waals surface area (Å²) in [6, 6.07) is 17.2. The SMILES string of the molecule is CCCC1=C([C@H](O)CC/C(C)=C/c2ccc(O)cc2)[C@H](CO)[C@@H]2C(=O)N(C3CCN(Cc4ccccc4)CC3)C(=O)[C@@H]2C1. The molecular weight excluding hydrogens is 540 g/mol. The topological polar surface area (TPSA) is 101 Å². The summed E-state index contributed by atoms with van der Waals surface area (Å²) in [5.74, 6) is -1.65. The molecule has 0 radical (unpaired) electrons. The highest BCUT2D eigenvalue weighted by Gasteiger charge is 2.56. The summed E-state index contributed by atoms with van der Waals surface area (Å²) in [6.45, 7) is 6.36. The summed E-state index contributed by atoms with van der Waals surface area (Å²) >= 11 is 0. The standard InChI is InChI=1S/C36H46N2O5/c1-3-7-27-21-30-34(31(23-39)33(27)32(41)15-10-24(2)20-25-11-13-29(40)14-12-25)36(43)38(35(30)42)28-16-18-37(19-17-28)22-26-8-5-4-6-9-26/h4-6,8-9,11-14,20,28,30-32,34,39-41H,3,7,10,15-19,21-23H2,1-2H3/b24-20+/t30-,31+,32-,34-/m1/s1. The number of aliphatic hydroxyl groups excluding tert-OH is 2. The van der Waals surface area contributed by atoms with Gasteiger partial charge in [0.25, 0.3) is 0 Å². The number of rotatable bonds is 11. The van der Waals surface area contributed by atoms with Crippen LogP contribution < -0.4 is 0 Å². The monoisotopic (exact) mass is 586 g/mol. The Bertz CT molecular complexity index is 1330. The van der Waals surface area contributed by atoms with E-state index in [1.807, 2.05) is 43.3 Å². The zero-order valence-electron chi connectivity index (χ0n) is 25.5. The van der Waals surface area contributed by atoms with Crippen molar-refractivity contribution >= 4 is 17.9 Å². The van der Waals surface area contributed by atoms with Crippen LogP contribution in [-0.4, -0.2) is 68.8 Å². The molecule has 4 atom stereocenters. The normalized spacial score (nSPS) is 24.5. The van der Waals surface area contributed by atoms with Gasteiger partial charge >= 0.3 is 0 Å². The maximum absolute atomic E-state index is 14.0. The number of carbonyl (C=O) groups is 2. The van der Waals surface area contributed by atoms with Crippen LogP contribution in [0, 0.1) is 17.8 Å². The minimum absolute atomic E-state index is 0.0928. The summed E-state index contributed by atoms with van der Waals surface area (Å²) in [5, 5.41) is 31.7. The molecule has 2 fully saturated rings. The fourth-order valence-corrected chi connectivity index (χ4v) is 7.51. The molecule has 0 unspecified atom stereocenters. The Balaban J connectivity index is 1.28. The van der Waals surface area contributed by atoms with Gasteiger partial charge in [-0.2, -0.15) is 0 Å². The number of benzene rings is 2. The number of likely N-dealkylation sites (tertiary alicyclic amines) is 2. The first kappa shape index (κ1) is 31.2. The second-order valence-electron chi connectivity index (χ2n) is 12.6. The molecule has 1 aliphatic carbocycles. The smallest absolute Gasteiger partial charge is 0.234 e. The van der Waals surface area contributed by atoms with Gasteiger partial charge < -0.3 is 15.3 Å². The van der Waals surface area contributed by atoms with Gasteiger partial charge in [0, 0.05) is 31.6 Å². The minimum Gasteiger partial charge on any atom is -0.508 e. The zero-order chi connectivity index (χ0) is 30.5. The molecule has 0 spiro atoms. The predicted molar refractivity (Wildman–Crippen MR) is 168 cm³/mol. The first-order valence-electron chi connectivity index (χ1n) is 15.9. The first-order chi connectivity index (χ1) is 20.8. The number of carbonyl (C=O) groups excluding carboxylic acids is 2. The zero-order valence-corrected chi connectivity index (χ0v) is 25.5. The average Bonchev–Trinajstić information content (AvgIpc) is 3.26. The van der Waals surface area contributed by atoms with Crippen LogP contribution >= 0.6 is 0 Å². The maximum atomic E-state index is 14.0. The molecule has 230 valence electrons. The van der Waals surface area contributed by atoms with E-state index in [9.17, 15) is 24.9 Å². The molecule has 7 heteroatoms. The van der Waals surface area contributed by atoms with Gasteiger partial charge in [-0.15, -0.1) is 0 Å². The van der Waals surface area contributed by atoms with Crippen molar-refractivity contribution in [3.8, 4) is 5.75 Å². The van der Waals surface area contributed by atoms with Gasteiger partial charge in [-0.25, -0.2) is 0 Å². The van der Waals surface area contributed by atoms with Crippen molar-refractivity contribution in [3.63, 3.8) is 0 Å². The number of hydrogen-bond acceptors (Lipinski definition) is 6. The van der Waals surface area contributed by atoms with Crippen LogP contribution in [0.25, 0.3) is 6.08 Å². The lowest BCUT2D eigenvalue weighted by atomic mass is 9.67. The Morgan fingerprint density at radius 3 is 2.37 bits per heavy atom. The summed E-state index contributed by atoms with van der Waals surface area (Å²) in [5.41, 5.74) is 5.15. The predicted octanol–water partition coefficient (Wildman–Crippen LogP) is 5.31. The number of aliphatic hydroxyl groups is 2. The van der Waals surface area contributed by atoms with Gasteiger partial charge in [-0.3, -0.25) is 19.4 Å². The fourth-order valence-electron chi connectivity index (χ4n) is 7.51. The van der Waals surface area contributed by atoms with Crippen molar-refractivity contribution in [2.24, 2.45) is 17.8 Å². The van der Waals surface area contributed by atoms with E-state index in [1.54, 1.807) is 17.0 Å². The molecule has 0 saturated carbocycles. The molecule has 7 nitrogen and oxygen atoms in total. The second kappa shape index (κ2) is 14.0. The lowest BCUT2D eigenvalue weighted by Gasteiger charge is -2.37. The molecule has 0 bridgehead atoms. The first-order valence-corrected chi connectivity index (χ1v) is 15.9. The van der Waals surface area contributed by atoms with Gasteiger partial charge in [-0.1, -0.05) is 73.0 Å². The van der Waals surface area contributed by atoms with E-state index < -0.39 is 23.9 Å². The third-order valence-electron chi connectivity index (χ3n) is 9.62. The lowest BCUT2D eigenvalue weighted by molar-refractivity contribution is -0.144. The number of nitrogens with zero attached hydrogens (tertiary/aromatic N) is 2. The number of phenolic OH excluding ortho intramolecular Hbond substituents is 1. The van der Waals surface area contributed by atoms with Crippen molar-refractivity contribution in [3.05, 3.63) is 82.4 Å². The van der Waals surface area contributed by atoms with E-state index in [0.717, 1.165) is 67.6 Å². The molecule has 2 aromatic carbocycles. The van der Waals surface area contributed by atoms with Crippen molar-refractivity contribution in [1.29, 1.82) is 0 Å². The van der Waals surface area contributed by atoms with Crippen LogP contribution in [0.3, 0.4) is 0 Å². The lowest BCUT2D eigenvalue weighted by Crippen LogP contribution is -2.47. The van der Waals surface area contributed by atoms with Crippen LogP contribution in [0.4, 0.5) is 0 Å². The molecule has 2 heterocycles. The van der Waals surface area contributed by atoms with Crippen LogP contribution in [0.2, 0.25) is 0 Å². The summed E-state index contributed by atoms with van der Waals surface area (Å²) in [7, 11) is 0. The van der Waals surface area contributed by atoms with E-state index in [2.05, 4.69) is 24.0 Å². The number of aromatic hydroxyl groups is 1. The van der Waals surface area contributed by atoms with Crippen LogP contribution in [0.1, 0.15) is 69.9 Å². The summed E-state index contributed by atoms with van der Waals surface area (Å²) in [4.78, 5) is 31.7. The van der Waals surface area contributed by atoms with Gasteiger partial charge in [0.2, 0.25) is 11.8 Å². The maximum Gasteiger partial charge on any atom is 0.234 e. The Labute approximate surface area is 255 Å². The molecule has 2 amide bonds. The van der Waals surface area contributed by atoms with Crippen LogP contribution in [-0.2, 0) is 16.1 Å². The number of phenols is 1. The Morgan fingerprint density at radius 1 is 1.02 bits per heavy atom. The molecule has 5 rings (SSSR count). The number of fused-ring (bicyclic) bond motifs is 1. The Morgan fingerprint density at radius 2 is 1.72 bits per heavy atom. The van der Waals surface area contributed by atoms with E-state index in [1.165, 1.54) is 5.56 Å². The van der Waals surface area contributed by atoms with E-state index in [4.69, 9.17) is 0 Å². The van der Waals surface area contributed by atoms with Crippen LogP contribution in [0.5, 0.6) is 5.75 Å². The number of amides is 2. The fraction of sp³-hybridized carbons (Fsp3) is 0.500. The number of hydrogen-bond donors (Lipinski definition) is 3. The van der Waals surface area contributed by atoms with Gasteiger partial charge in [-0.05, 0) is 74.3 Å². The van der Waals surface area contributed by atoms with Gasteiger partial charge in [0.05, 0.1) is 24.5 Å². The van der Waals surface area contributed by atoms with E-state index in [-0.39, 0.29) is 30.2 Å². The molecule has 3 aliphatic rings. The summed E-state index contributed by atoms with van der Waals surface area (Å²) < 4.78 is 0. The highest BCUT2D eigenvalue weighted by Crippen LogP contribution is 2.48. The number of imide groups is 1. The number of allylic oxidation sites excluding steroid dienone is 2. The van der Waals surface area contributed by atoms with Crippen molar-refractivity contribution in [2.45, 2.75) is 77.5 Å². The van der Waals surface area contributed by atoms with Gasteiger partial charge in [0.15, 0.2) is 0 Å². The van der Waals surface area contributed by atoms with E-state index >= 15 is 0 Å². The molecular formula is C36H46N2O5. The molecule has 2 aromatic rings. The third-order valence-corrected chi connectivity index (χ3v) is 9.62. The minimum atomic E-state index is -0.791. The van der Waals surface area contributed by atoms with Crippen LogP contribution in [0.15, 0.2) is 71.3 Å². The summed E-state index contributed by atoms with van der Waals surface area (Å²) in [6.07, 6.45) is 5.98. The van der Waals surface area contributed by atoms with E-state index in [0.29, 0.717) is 19.3 Å². The average molecular weight is 587 g/mol. The quantitative estimate of drug-likeness (QED) is 0.244.